The second kappa shape index (κ2) is 13.1. The minimum atomic E-state index is -0.954. The van der Waals surface area contributed by atoms with E-state index in [9.17, 15) is 19.2 Å². The predicted octanol–water partition coefficient (Wildman–Crippen LogP) is 3.35. The third-order valence-corrected chi connectivity index (χ3v) is 11.6. The van der Waals surface area contributed by atoms with Gasteiger partial charge in [0.05, 0.1) is 36.9 Å². The van der Waals surface area contributed by atoms with Gasteiger partial charge in [-0.2, -0.15) is 5.10 Å². The molecular formula is C38H48N6O5. The number of benzene rings is 2. The van der Waals surface area contributed by atoms with Crippen LogP contribution in [-0.4, -0.2) is 88.6 Å². The molecule has 1 spiro atoms. The largest absolute Gasteiger partial charge is 0.371 e. The Morgan fingerprint density at radius 3 is 2.08 bits per heavy atom. The lowest BCUT2D eigenvalue weighted by Gasteiger charge is -2.50. The van der Waals surface area contributed by atoms with Gasteiger partial charge in [0.15, 0.2) is 0 Å². The molecule has 2 saturated heterocycles. The minimum Gasteiger partial charge on any atom is -0.371 e. The molecule has 3 atom stereocenters. The van der Waals surface area contributed by atoms with Crippen molar-refractivity contribution in [3.05, 3.63) is 89.7 Å². The van der Waals surface area contributed by atoms with E-state index >= 15 is 0 Å². The van der Waals surface area contributed by atoms with E-state index in [-0.39, 0.29) is 53.5 Å². The number of hydrogen-bond acceptors (Lipinski definition) is 6. The summed E-state index contributed by atoms with van der Waals surface area (Å²) in [4.78, 5) is 58.4. The van der Waals surface area contributed by atoms with Gasteiger partial charge in [0, 0.05) is 50.8 Å². The van der Waals surface area contributed by atoms with Crippen LogP contribution in [0, 0.1) is 28.1 Å². The number of carbonyl (C=O) groups excluding carboxylic acids is 4. The zero-order valence-corrected chi connectivity index (χ0v) is 29.3. The van der Waals surface area contributed by atoms with Crippen LogP contribution in [0.2, 0.25) is 0 Å². The van der Waals surface area contributed by atoms with Crippen molar-refractivity contribution in [2.75, 3.05) is 33.2 Å². The van der Waals surface area contributed by atoms with E-state index in [0.29, 0.717) is 31.7 Å². The van der Waals surface area contributed by atoms with Crippen molar-refractivity contribution in [3.63, 3.8) is 0 Å². The Kier molecular flexibility index (Phi) is 9.17. The van der Waals surface area contributed by atoms with Gasteiger partial charge >= 0.3 is 0 Å². The van der Waals surface area contributed by atoms with Crippen LogP contribution in [0.25, 0.3) is 0 Å². The van der Waals surface area contributed by atoms with Gasteiger partial charge in [-0.1, -0.05) is 88.4 Å². The molecule has 0 bridgehead atoms. The Morgan fingerprint density at radius 2 is 1.49 bits per heavy atom. The van der Waals surface area contributed by atoms with Crippen LogP contribution in [0.15, 0.2) is 73.1 Å². The predicted molar refractivity (Wildman–Crippen MR) is 184 cm³/mol. The topological polar surface area (TPSA) is 126 Å². The molecule has 260 valence electrons. The first-order valence-corrected chi connectivity index (χ1v) is 17.1. The molecule has 1 aliphatic carbocycles. The minimum absolute atomic E-state index is 0.0953. The standard InChI is InChI=1S/C38H48N6O5/c1-25(49-21-27-15-11-8-12-16-27)30(33(46)39-6)41-32(45)29-20-42(34(47)28-17-40-44(19-28)18-26-13-9-7-10-14-26)22-38(29)23-43(24-38)35(48)31-36(2,3)37(31,4)5/h7-17,19,25,29-31H,18,20-24H2,1-6H3,(H,39,46)(H,41,45)/t25-,29+,30+/m1/s1. The monoisotopic (exact) mass is 668 g/mol. The van der Waals surface area contributed by atoms with Crippen molar-refractivity contribution >= 4 is 23.6 Å². The van der Waals surface area contributed by atoms with Crippen LogP contribution in [-0.2, 0) is 32.3 Å². The van der Waals surface area contributed by atoms with Crippen LogP contribution >= 0.6 is 0 Å². The Hall–Kier alpha value is -4.51. The SMILES string of the molecule is CNC(=O)[C@@H](NC(=O)[C@@H]1CN(C(=O)c2cnn(Cc3ccccc3)c2)CC12CN(C(=O)C1C(C)(C)C1(C)C)C2)[C@@H](C)OCc1ccccc1. The van der Waals surface area contributed by atoms with Crippen molar-refractivity contribution < 1.29 is 23.9 Å². The number of rotatable bonds is 11. The highest BCUT2D eigenvalue weighted by atomic mass is 16.5. The lowest BCUT2D eigenvalue weighted by molar-refractivity contribution is -0.152. The van der Waals surface area contributed by atoms with E-state index in [1.54, 1.807) is 28.9 Å². The molecule has 3 aromatic rings. The summed E-state index contributed by atoms with van der Waals surface area (Å²) in [6.07, 6.45) is 2.66. The summed E-state index contributed by atoms with van der Waals surface area (Å²) in [5.41, 5.74) is 1.59. The van der Waals surface area contributed by atoms with E-state index < -0.39 is 23.5 Å². The van der Waals surface area contributed by atoms with Crippen LogP contribution in [0.3, 0.4) is 0 Å². The number of ether oxygens (including phenoxy) is 1. The van der Waals surface area contributed by atoms with E-state index in [1.165, 1.54) is 7.05 Å². The maximum atomic E-state index is 14.2. The van der Waals surface area contributed by atoms with Crippen molar-refractivity contribution in [2.45, 2.75) is 59.9 Å². The van der Waals surface area contributed by atoms with E-state index in [4.69, 9.17) is 4.74 Å². The maximum Gasteiger partial charge on any atom is 0.257 e. The first-order valence-electron chi connectivity index (χ1n) is 17.1. The lowest BCUT2D eigenvalue weighted by atomic mass is 9.70. The number of carbonyl (C=O) groups is 4. The van der Waals surface area contributed by atoms with Crippen LogP contribution in [0.5, 0.6) is 0 Å². The molecule has 49 heavy (non-hydrogen) atoms. The molecule has 0 unspecified atom stereocenters. The van der Waals surface area contributed by atoms with Crippen molar-refractivity contribution in [1.82, 2.24) is 30.2 Å². The first-order chi connectivity index (χ1) is 23.3. The summed E-state index contributed by atoms with van der Waals surface area (Å²) in [5.74, 6) is -1.56. The third-order valence-electron chi connectivity index (χ3n) is 11.6. The number of likely N-dealkylation sites (N-methyl/N-ethyl adjacent to an activating group) is 1. The Labute approximate surface area is 288 Å². The maximum absolute atomic E-state index is 14.2. The van der Waals surface area contributed by atoms with Gasteiger partial charge in [0.1, 0.15) is 6.04 Å². The number of hydrogen-bond donors (Lipinski definition) is 2. The fourth-order valence-electron chi connectivity index (χ4n) is 7.89. The smallest absolute Gasteiger partial charge is 0.257 e. The van der Waals surface area contributed by atoms with Crippen molar-refractivity contribution in [1.29, 1.82) is 0 Å². The summed E-state index contributed by atoms with van der Waals surface area (Å²) < 4.78 is 7.78. The number of amides is 4. The molecule has 1 aromatic heterocycles. The van der Waals surface area contributed by atoms with E-state index in [1.807, 2.05) is 65.6 Å². The third kappa shape index (κ3) is 6.48. The van der Waals surface area contributed by atoms with Gasteiger partial charge in [-0.3, -0.25) is 23.9 Å². The van der Waals surface area contributed by atoms with E-state index in [2.05, 4.69) is 43.4 Å². The summed E-state index contributed by atoms with van der Waals surface area (Å²) in [5, 5.41) is 10.0. The molecule has 11 nitrogen and oxygen atoms in total. The average molecular weight is 669 g/mol. The molecule has 3 fully saturated rings. The Morgan fingerprint density at radius 1 is 0.898 bits per heavy atom. The van der Waals surface area contributed by atoms with E-state index in [0.717, 1.165) is 11.1 Å². The second-order valence-electron chi connectivity index (χ2n) is 15.2. The summed E-state index contributed by atoms with van der Waals surface area (Å²) in [7, 11) is 1.52. The molecule has 3 heterocycles. The number of nitrogens with zero attached hydrogens (tertiary/aromatic N) is 4. The number of likely N-dealkylation sites (tertiary alicyclic amines) is 2. The van der Waals surface area contributed by atoms with Gasteiger partial charge in [-0.05, 0) is 28.9 Å². The fourth-order valence-corrected chi connectivity index (χ4v) is 7.89. The Bertz CT molecular complexity index is 1680. The van der Waals surface area contributed by atoms with Gasteiger partial charge in [0.25, 0.3) is 5.91 Å². The summed E-state index contributed by atoms with van der Waals surface area (Å²) >= 11 is 0. The normalized spacial score (nSPS) is 21.5. The first kappa shape index (κ1) is 34.4. The molecule has 0 radical (unpaired) electrons. The molecule has 2 N–H and O–H groups in total. The number of nitrogens with one attached hydrogen (secondary N) is 2. The van der Waals surface area contributed by atoms with Crippen LogP contribution in [0.1, 0.15) is 56.1 Å². The zero-order chi connectivity index (χ0) is 35.1. The molecule has 2 aromatic carbocycles. The molecule has 1 saturated carbocycles. The fraction of sp³-hybridized carbons (Fsp3) is 0.500. The second-order valence-corrected chi connectivity index (χ2v) is 15.2. The highest BCUT2D eigenvalue weighted by molar-refractivity contribution is 5.96. The highest BCUT2D eigenvalue weighted by Crippen LogP contribution is 2.69. The molecule has 3 aliphatic rings. The van der Waals surface area contributed by atoms with Gasteiger partial charge in [0.2, 0.25) is 17.7 Å². The van der Waals surface area contributed by atoms with Crippen molar-refractivity contribution in [2.24, 2.45) is 28.1 Å². The molecule has 11 heteroatoms. The zero-order valence-electron chi connectivity index (χ0n) is 29.3. The lowest BCUT2D eigenvalue weighted by Crippen LogP contribution is -2.65. The van der Waals surface area contributed by atoms with Gasteiger partial charge < -0.3 is 25.2 Å². The quantitative estimate of drug-likeness (QED) is 0.323. The number of aromatic nitrogens is 2. The van der Waals surface area contributed by atoms with Gasteiger partial charge in [-0.15, -0.1) is 0 Å². The summed E-state index contributed by atoms with van der Waals surface area (Å²) in [6, 6.07) is 18.6. The highest BCUT2D eigenvalue weighted by Gasteiger charge is 2.70. The molecule has 4 amide bonds. The summed E-state index contributed by atoms with van der Waals surface area (Å²) in [6.45, 7) is 12.3. The molecule has 6 rings (SSSR count). The van der Waals surface area contributed by atoms with Crippen LogP contribution in [0.4, 0.5) is 0 Å². The van der Waals surface area contributed by atoms with Crippen LogP contribution < -0.4 is 10.6 Å². The van der Waals surface area contributed by atoms with Gasteiger partial charge in [-0.25, -0.2) is 0 Å². The molecule has 2 aliphatic heterocycles. The molecular weight excluding hydrogens is 620 g/mol. The Balaban J connectivity index is 1.19. The average Bonchev–Trinajstić information content (AvgIpc) is 3.51. The van der Waals surface area contributed by atoms with Crippen molar-refractivity contribution in [3.8, 4) is 0 Å².